The van der Waals surface area contributed by atoms with Crippen molar-refractivity contribution < 1.29 is 5.11 Å². The highest BCUT2D eigenvalue weighted by Gasteiger charge is 2.23. The van der Waals surface area contributed by atoms with Gasteiger partial charge in [0.05, 0.1) is 5.60 Å². The van der Waals surface area contributed by atoms with E-state index in [1.165, 1.54) is 0 Å². The second-order valence-corrected chi connectivity index (χ2v) is 3.88. The third-order valence-corrected chi connectivity index (χ3v) is 2.86. The van der Waals surface area contributed by atoms with Crippen molar-refractivity contribution in [2.24, 2.45) is 0 Å². The van der Waals surface area contributed by atoms with Gasteiger partial charge in [-0.15, -0.1) is 0 Å². The SMILES string of the molecule is CCC(C)(O)c1c[nH]c2ccccc12. The predicted molar refractivity (Wildman–Crippen MR) is 58.2 cm³/mol. The highest BCUT2D eigenvalue weighted by molar-refractivity contribution is 5.83. The summed E-state index contributed by atoms with van der Waals surface area (Å²) in [5.74, 6) is 0. The Morgan fingerprint density at radius 2 is 2.07 bits per heavy atom. The fourth-order valence-corrected chi connectivity index (χ4v) is 1.71. The monoisotopic (exact) mass is 189 g/mol. The van der Waals surface area contributed by atoms with Gasteiger partial charge in [-0.05, 0) is 19.4 Å². The van der Waals surface area contributed by atoms with Gasteiger partial charge in [0, 0.05) is 22.7 Å². The van der Waals surface area contributed by atoms with Gasteiger partial charge < -0.3 is 10.1 Å². The summed E-state index contributed by atoms with van der Waals surface area (Å²) in [5, 5.41) is 11.3. The van der Waals surface area contributed by atoms with Crippen LogP contribution in [0.1, 0.15) is 25.8 Å². The zero-order valence-electron chi connectivity index (χ0n) is 8.54. The van der Waals surface area contributed by atoms with Crippen LogP contribution >= 0.6 is 0 Å². The molecule has 74 valence electrons. The van der Waals surface area contributed by atoms with Crippen molar-refractivity contribution in [3.8, 4) is 0 Å². The molecule has 2 nitrogen and oxygen atoms in total. The maximum atomic E-state index is 10.2. The molecule has 1 atom stereocenters. The summed E-state index contributed by atoms with van der Waals surface area (Å²) in [6.45, 7) is 3.84. The minimum Gasteiger partial charge on any atom is -0.385 e. The van der Waals surface area contributed by atoms with Gasteiger partial charge in [0.2, 0.25) is 0 Å². The molecule has 1 heterocycles. The molecule has 0 amide bonds. The highest BCUT2D eigenvalue weighted by Crippen LogP contribution is 2.30. The van der Waals surface area contributed by atoms with Crippen molar-refractivity contribution in [1.82, 2.24) is 4.98 Å². The first-order valence-corrected chi connectivity index (χ1v) is 4.94. The van der Waals surface area contributed by atoms with E-state index < -0.39 is 5.60 Å². The largest absolute Gasteiger partial charge is 0.385 e. The van der Waals surface area contributed by atoms with Crippen molar-refractivity contribution in [2.45, 2.75) is 25.9 Å². The fraction of sp³-hybridized carbons (Fsp3) is 0.333. The molecule has 0 aliphatic heterocycles. The Kier molecular flexibility index (Phi) is 2.08. The summed E-state index contributed by atoms with van der Waals surface area (Å²) >= 11 is 0. The Morgan fingerprint density at radius 3 is 2.79 bits per heavy atom. The lowest BCUT2D eigenvalue weighted by atomic mass is 9.93. The summed E-state index contributed by atoms with van der Waals surface area (Å²) in [6.07, 6.45) is 2.61. The van der Waals surface area contributed by atoms with E-state index in [2.05, 4.69) is 4.98 Å². The fourth-order valence-electron chi connectivity index (χ4n) is 1.71. The Bertz CT molecular complexity index is 442. The zero-order valence-corrected chi connectivity index (χ0v) is 8.54. The molecule has 0 radical (unpaired) electrons. The molecule has 0 saturated heterocycles. The molecule has 0 aliphatic rings. The molecule has 2 aromatic rings. The van der Waals surface area contributed by atoms with Crippen molar-refractivity contribution in [3.05, 3.63) is 36.0 Å². The minimum atomic E-state index is -0.737. The number of hydrogen-bond acceptors (Lipinski definition) is 1. The Balaban J connectivity index is 2.64. The van der Waals surface area contributed by atoms with Gasteiger partial charge in [-0.2, -0.15) is 0 Å². The number of fused-ring (bicyclic) bond motifs is 1. The van der Waals surface area contributed by atoms with E-state index in [4.69, 9.17) is 0 Å². The first-order chi connectivity index (χ1) is 6.65. The molecule has 0 bridgehead atoms. The maximum absolute atomic E-state index is 10.2. The van der Waals surface area contributed by atoms with Gasteiger partial charge in [-0.1, -0.05) is 25.1 Å². The first-order valence-electron chi connectivity index (χ1n) is 4.94. The third-order valence-electron chi connectivity index (χ3n) is 2.86. The van der Waals surface area contributed by atoms with Gasteiger partial charge in [0.25, 0.3) is 0 Å². The van der Waals surface area contributed by atoms with Crippen LogP contribution in [-0.4, -0.2) is 10.1 Å². The van der Waals surface area contributed by atoms with Crippen molar-refractivity contribution in [3.63, 3.8) is 0 Å². The quantitative estimate of drug-likeness (QED) is 0.748. The Morgan fingerprint density at radius 1 is 1.36 bits per heavy atom. The lowest BCUT2D eigenvalue weighted by Crippen LogP contribution is -2.18. The molecule has 2 heteroatoms. The van der Waals surface area contributed by atoms with E-state index in [1.54, 1.807) is 0 Å². The number of aromatic nitrogens is 1. The average molecular weight is 189 g/mol. The first kappa shape index (κ1) is 9.28. The number of para-hydroxylation sites is 1. The zero-order chi connectivity index (χ0) is 10.2. The van der Waals surface area contributed by atoms with E-state index in [0.717, 1.165) is 22.9 Å². The lowest BCUT2D eigenvalue weighted by molar-refractivity contribution is 0.0546. The third kappa shape index (κ3) is 1.32. The van der Waals surface area contributed by atoms with Gasteiger partial charge in [-0.3, -0.25) is 0 Å². The van der Waals surface area contributed by atoms with Gasteiger partial charge in [0.15, 0.2) is 0 Å². The van der Waals surface area contributed by atoms with E-state index in [-0.39, 0.29) is 0 Å². The lowest BCUT2D eigenvalue weighted by Gasteiger charge is -2.20. The van der Waals surface area contributed by atoms with Crippen molar-refractivity contribution in [2.75, 3.05) is 0 Å². The van der Waals surface area contributed by atoms with Crippen molar-refractivity contribution in [1.29, 1.82) is 0 Å². The molecule has 2 N–H and O–H groups in total. The van der Waals surface area contributed by atoms with E-state index >= 15 is 0 Å². The second-order valence-electron chi connectivity index (χ2n) is 3.88. The van der Waals surface area contributed by atoms with Crippen molar-refractivity contribution >= 4 is 10.9 Å². The standard InChI is InChI=1S/C12H15NO/c1-3-12(2,14)10-8-13-11-7-5-4-6-9(10)11/h4-8,13-14H,3H2,1-2H3. The molecule has 14 heavy (non-hydrogen) atoms. The summed E-state index contributed by atoms with van der Waals surface area (Å²) in [4.78, 5) is 3.17. The van der Waals surface area contributed by atoms with Crippen LogP contribution in [0.5, 0.6) is 0 Å². The molecule has 1 unspecified atom stereocenters. The molecule has 0 aliphatic carbocycles. The number of aliphatic hydroxyl groups is 1. The summed E-state index contributed by atoms with van der Waals surface area (Å²) in [7, 11) is 0. The topological polar surface area (TPSA) is 36.0 Å². The summed E-state index contributed by atoms with van der Waals surface area (Å²) < 4.78 is 0. The van der Waals surface area contributed by atoms with Crippen LogP contribution in [0.4, 0.5) is 0 Å². The smallest absolute Gasteiger partial charge is 0.0886 e. The number of benzene rings is 1. The molecule has 1 aromatic heterocycles. The number of hydrogen-bond donors (Lipinski definition) is 2. The van der Waals surface area contributed by atoms with Crippen LogP contribution in [0.15, 0.2) is 30.5 Å². The number of H-pyrrole nitrogens is 1. The van der Waals surface area contributed by atoms with Crippen LogP contribution in [0.2, 0.25) is 0 Å². The average Bonchev–Trinajstić information content (AvgIpc) is 2.61. The van der Waals surface area contributed by atoms with E-state index in [0.29, 0.717) is 0 Å². The van der Waals surface area contributed by atoms with Crippen LogP contribution < -0.4 is 0 Å². The molecule has 2 rings (SSSR count). The molecule has 0 spiro atoms. The van der Waals surface area contributed by atoms with E-state index in [1.807, 2.05) is 44.3 Å². The van der Waals surface area contributed by atoms with Crippen LogP contribution in [0, 0.1) is 0 Å². The number of nitrogens with one attached hydrogen (secondary N) is 1. The van der Waals surface area contributed by atoms with Crippen LogP contribution in [-0.2, 0) is 5.60 Å². The van der Waals surface area contributed by atoms with Gasteiger partial charge in [-0.25, -0.2) is 0 Å². The molecule has 0 fully saturated rings. The highest BCUT2D eigenvalue weighted by atomic mass is 16.3. The predicted octanol–water partition coefficient (Wildman–Crippen LogP) is 2.79. The van der Waals surface area contributed by atoms with E-state index in [9.17, 15) is 5.11 Å². The molecule has 0 saturated carbocycles. The normalized spacial score (nSPS) is 15.6. The maximum Gasteiger partial charge on any atom is 0.0886 e. The summed E-state index contributed by atoms with van der Waals surface area (Å²) in [6, 6.07) is 8.03. The number of rotatable bonds is 2. The Hall–Kier alpha value is -1.28. The second kappa shape index (κ2) is 3.14. The molecule has 1 aromatic carbocycles. The molecular weight excluding hydrogens is 174 g/mol. The Labute approximate surface area is 83.6 Å². The summed E-state index contributed by atoms with van der Waals surface area (Å²) in [5.41, 5.74) is 1.33. The van der Waals surface area contributed by atoms with Gasteiger partial charge in [0.1, 0.15) is 0 Å². The van der Waals surface area contributed by atoms with Gasteiger partial charge >= 0.3 is 0 Å². The minimum absolute atomic E-state index is 0.717. The van der Waals surface area contributed by atoms with Crippen LogP contribution in [0.25, 0.3) is 10.9 Å². The van der Waals surface area contributed by atoms with Crippen LogP contribution in [0.3, 0.4) is 0 Å². The molecular formula is C12H15NO. The number of aromatic amines is 1.